The number of fused-ring (bicyclic) bond motifs is 2. The summed E-state index contributed by atoms with van der Waals surface area (Å²) >= 11 is 0. The number of H-pyrrole nitrogens is 1. The minimum absolute atomic E-state index is 0.0686. The molecule has 1 fully saturated rings. The van der Waals surface area contributed by atoms with Crippen molar-refractivity contribution >= 4 is 28.0 Å². The zero-order valence-corrected chi connectivity index (χ0v) is 27.1. The van der Waals surface area contributed by atoms with E-state index in [2.05, 4.69) is 101 Å². The van der Waals surface area contributed by atoms with Crippen LogP contribution in [0.15, 0.2) is 121 Å². The van der Waals surface area contributed by atoms with Crippen LogP contribution >= 0.6 is 0 Å². The van der Waals surface area contributed by atoms with Gasteiger partial charge in [-0.3, -0.25) is 14.5 Å². The van der Waals surface area contributed by atoms with Gasteiger partial charge in [0, 0.05) is 34.5 Å². The van der Waals surface area contributed by atoms with E-state index < -0.39 is 0 Å². The number of hydrogen-bond donors (Lipinski definition) is 1. The van der Waals surface area contributed by atoms with Gasteiger partial charge in [-0.05, 0) is 85.4 Å². The Morgan fingerprint density at radius 2 is 1.51 bits per heavy atom. The molecule has 5 aromatic rings. The number of likely N-dealkylation sites (tertiary alicyclic amines) is 1. The number of para-hydroxylation sites is 1. The molecule has 1 saturated heterocycles. The van der Waals surface area contributed by atoms with Crippen LogP contribution in [0.5, 0.6) is 0 Å². The molecule has 1 aliphatic heterocycles. The zero-order valence-electron chi connectivity index (χ0n) is 27.1. The monoisotopic (exact) mass is 620 g/mol. The van der Waals surface area contributed by atoms with Gasteiger partial charge in [-0.2, -0.15) is 0 Å². The average molecular weight is 621 g/mol. The molecule has 0 bridgehead atoms. The third-order valence-corrected chi connectivity index (χ3v) is 10.4. The number of aromatic amines is 1. The van der Waals surface area contributed by atoms with E-state index in [1.54, 1.807) is 0 Å². The number of aryl methyl sites for hydroxylation is 1. The number of Topliss-reactive ketones (excluding diaryl/α,β-unsaturated/α-hetero) is 2. The molecule has 0 saturated carbocycles. The fourth-order valence-corrected chi connectivity index (χ4v) is 7.93. The van der Waals surface area contributed by atoms with Crippen molar-refractivity contribution in [3.63, 3.8) is 0 Å². The first-order chi connectivity index (χ1) is 23.2. The zero-order chi connectivity index (χ0) is 32.0. The number of rotatable bonds is 9. The molecular formula is C43H44N2O2. The topological polar surface area (TPSA) is 53.2 Å². The van der Waals surface area contributed by atoms with Crippen LogP contribution in [0.3, 0.4) is 0 Å². The number of nitrogens with one attached hydrogen (secondary N) is 1. The van der Waals surface area contributed by atoms with E-state index >= 15 is 4.79 Å². The third kappa shape index (κ3) is 6.94. The van der Waals surface area contributed by atoms with Gasteiger partial charge in [0.2, 0.25) is 0 Å². The number of benzene rings is 4. The molecular weight excluding hydrogens is 576 g/mol. The lowest BCUT2D eigenvalue weighted by Gasteiger charge is -2.36. The normalized spacial score (nSPS) is 19.1. The Morgan fingerprint density at radius 3 is 2.30 bits per heavy atom. The molecule has 238 valence electrons. The summed E-state index contributed by atoms with van der Waals surface area (Å²) in [6.45, 7) is 0.980. The summed E-state index contributed by atoms with van der Waals surface area (Å²) in [4.78, 5) is 34.6. The highest BCUT2D eigenvalue weighted by atomic mass is 16.1. The predicted octanol–water partition coefficient (Wildman–Crippen LogP) is 9.42. The molecule has 2 unspecified atom stereocenters. The fraction of sp³-hybridized carbons (Fsp3) is 0.302. The molecule has 4 nitrogen and oxygen atoms in total. The van der Waals surface area contributed by atoms with E-state index in [9.17, 15) is 4.79 Å². The van der Waals surface area contributed by atoms with Crippen LogP contribution in [0.1, 0.15) is 83.5 Å². The molecule has 0 radical (unpaired) electrons. The van der Waals surface area contributed by atoms with Crippen molar-refractivity contribution in [3.05, 3.63) is 149 Å². The molecule has 1 aromatic heterocycles. The van der Waals surface area contributed by atoms with Gasteiger partial charge in [-0.15, -0.1) is 0 Å². The predicted molar refractivity (Wildman–Crippen MR) is 192 cm³/mol. The van der Waals surface area contributed by atoms with Crippen molar-refractivity contribution in [1.82, 2.24) is 9.88 Å². The third-order valence-electron chi connectivity index (χ3n) is 10.4. The second kappa shape index (κ2) is 14.5. The lowest BCUT2D eigenvalue weighted by Crippen LogP contribution is -2.48. The fourth-order valence-electron chi connectivity index (χ4n) is 7.93. The minimum Gasteiger partial charge on any atom is -0.360 e. The van der Waals surface area contributed by atoms with Gasteiger partial charge in [-0.25, -0.2) is 0 Å². The van der Waals surface area contributed by atoms with Gasteiger partial charge >= 0.3 is 0 Å². The quantitative estimate of drug-likeness (QED) is 0.167. The van der Waals surface area contributed by atoms with Crippen molar-refractivity contribution < 1.29 is 9.59 Å². The summed E-state index contributed by atoms with van der Waals surface area (Å²) in [5.74, 6) is 0.388. The van der Waals surface area contributed by atoms with Gasteiger partial charge in [0.15, 0.2) is 11.6 Å². The van der Waals surface area contributed by atoms with Crippen molar-refractivity contribution in [2.45, 2.75) is 63.3 Å². The lowest BCUT2D eigenvalue weighted by molar-refractivity contribution is -0.129. The molecule has 47 heavy (non-hydrogen) atoms. The average Bonchev–Trinajstić information content (AvgIpc) is 3.45. The van der Waals surface area contributed by atoms with Gasteiger partial charge in [0.1, 0.15) is 0 Å². The number of aromatic nitrogens is 1. The summed E-state index contributed by atoms with van der Waals surface area (Å²) < 4.78 is 0. The summed E-state index contributed by atoms with van der Waals surface area (Å²) in [7, 11) is 0. The highest BCUT2D eigenvalue weighted by Gasteiger charge is 2.37. The number of hydrogen-bond acceptors (Lipinski definition) is 3. The first-order valence-electron chi connectivity index (χ1n) is 17.4. The van der Waals surface area contributed by atoms with E-state index in [1.807, 2.05) is 30.5 Å². The Labute approximate surface area is 278 Å². The van der Waals surface area contributed by atoms with Crippen LogP contribution in [0.4, 0.5) is 0 Å². The summed E-state index contributed by atoms with van der Waals surface area (Å²) in [6, 6.07) is 37.6. The number of ketones is 2. The number of carbonyl (C=O) groups is 2. The SMILES string of the molecule is O=C(CN1CCCCC(CC(c2ccccc2)c2ccccc2)C(=O)C1CC1=CCCCc2ccccc21)c1c[nH]c2ccccc12. The van der Waals surface area contributed by atoms with Gasteiger partial charge in [0.05, 0.1) is 12.6 Å². The van der Waals surface area contributed by atoms with Crippen LogP contribution < -0.4 is 0 Å². The van der Waals surface area contributed by atoms with Crippen molar-refractivity contribution in [3.8, 4) is 0 Å². The molecule has 1 aliphatic carbocycles. The van der Waals surface area contributed by atoms with E-state index in [0.717, 1.165) is 62.4 Å². The number of allylic oxidation sites excluding steroid dienone is 1. The lowest BCUT2D eigenvalue weighted by atomic mass is 9.77. The Kier molecular flexibility index (Phi) is 9.58. The maximum Gasteiger partial charge on any atom is 0.178 e. The summed E-state index contributed by atoms with van der Waals surface area (Å²) in [5, 5.41) is 0.944. The standard InChI is InChI=1S/C43H44N2O2/c46-42(39-29-44-40-25-12-11-24-37(39)40)30-45-26-14-13-22-35(27-38(32-15-3-1-4-16-32)33-17-5-2-6-18-33)43(47)41(45)28-34-21-8-7-19-31-20-9-10-23-36(31)34/h1-6,9-12,15-18,20-21,23-25,29,35,38,41,44H,7-8,13-14,19,22,26-28,30H2. The first-order valence-corrected chi connectivity index (χ1v) is 17.4. The van der Waals surface area contributed by atoms with Crippen LogP contribution in [0.2, 0.25) is 0 Å². The Balaban J connectivity index is 1.24. The maximum atomic E-state index is 15.1. The maximum absolute atomic E-state index is 15.1. The smallest absolute Gasteiger partial charge is 0.178 e. The summed E-state index contributed by atoms with van der Waals surface area (Å²) in [5.41, 5.74) is 8.05. The van der Waals surface area contributed by atoms with E-state index in [1.165, 1.54) is 27.8 Å². The second-order valence-electron chi connectivity index (χ2n) is 13.3. The van der Waals surface area contributed by atoms with Crippen molar-refractivity contribution in [2.24, 2.45) is 5.92 Å². The van der Waals surface area contributed by atoms with Gasteiger partial charge in [0.25, 0.3) is 0 Å². The molecule has 2 atom stereocenters. The molecule has 0 spiro atoms. The number of nitrogens with zero attached hydrogens (tertiary/aromatic N) is 1. The van der Waals surface area contributed by atoms with Crippen molar-refractivity contribution in [2.75, 3.05) is 13.1 Å². The van der Waals surface area contributed by atoms with Gasteiger partial charge < -0.3 is 4.98 Å². The largest absolute Gasteiger partial charge is 0.360 e. The van der Waals surface area contributed by atoms with Crippen LogP contribution in [-0.4, -0.2) is 40.6 Å². The highest BCUT2D eigenvalue weighted by molar-refractivity contribution is 6.09. The second-order valence-corrected chi connectivity index (χ2v) is 13.3. The highest BCUT2D eigenvalue weighted by Crippen LogP contribution is 2.37. The Morgan fingerprint density at radius 1 is 0.809 bits per heavy atom. The number of carbonyl (C=O) groups excluding carboxylic acids is 2. The molecule has 4 heteroatoms. The van der Waals surface area contributed by atoms with Crippen LogP contribution in [0.25, 0.3) is 16.5 Å². The molecule has 1 N–H and O–H groups in total. The molecule has 2 aliphatic rings. The van der Waals surface area contributed by atoms with E-state index in [4.69, 9.17) is 0 Å². The first kappa shape index (κ1) is 31.1. The molecule has 0 amide bonds. The van der Waals surface area contributed by atoms with Crippen molar-refractivity contribution in [1.29, 1.82) is 0 Å². The molecule has 7 rings (SSSR count). The van der Waals surface area contributed by atoms with Crippen LogP contribution in [0, 0.1) is 5.92 Å². The van der Waals surface area contributed by atoms with Crippen LogP contribution in [-0.2, 0) is 11.2 Å². The minimum atomic E-state index is -0.362. The van der Waals surface area contributed by atoms with E-state index in [-0.39, 0.29) is 36.0 Å². The Bertz CT molecular complexity index is 1820. The van der Waals surface area contributed by atoms with E-state index in [0.29, 0.717) is 12.0 Å². The molecule has 4 aromatic carbocycles. The van der Waals surface area contributed by atoms with Gasteiger partial charge in [-0.1, -0.05) is 116 Å². The summed E-state index contributed by atoms with van der Waals surface area (Å²) in [6.07, 6.45) is 11.6. The molecule has 2 heterocycles. The Hall–Kier alpha value is -4.54.